The molecule has 2 aromatic rings. The van der Waals surface area contributed by atoms with Crippen molar-refractivity contribution in [3.63, 3.8) is 0 Å². The van der Waals surface area contributed by atoms with E-state index >= 15 is 0 Å². The van der Waals surface area contributed by atoms with Crippen LogP contribution in [0.1, 0.15) is 62.8 Å². The molecule has 2 nitrogen and oxygen atoms in total. The molecular weight excluding hydrogens is 399 g/mol. The summed E-state index contributed by atoms with van der Waals surface area (Å²) in [6.45, 7) is 9.14. The molecule has 0 aromatic heterocycles. The van der Waals surface area contributed by atoms with Crippen molar-refractivity contribution in [2.24, 2.45) is 4.99 Å². The third-order valence-electron chi connectivity index (χ3n) is 5.36. The van der Waals surface area contributed by atoms with Gasteiger partial charge in [0.1, 0.15) is 0 Å². The molecule has 0 radical (unpaired) electrons. The van der Waals surface area contributed by atoms with Crippen LogP contribution >= 0.6 is 0 Å². The van der Waals surface area contributed by atoms with Gasteiger partial charge in [-0.3, -0.25) is 4.99 Å². The van der Waals surface area contributed by atoms with E-state index in [1.807, 2.05) is 13.1 Å². The fourth-order valence-electron chi connectivity index (χ4n) is 3.21. The fraction of sp³-hybridized carbons (Fsp3) is 0.423. The lowest BCUT2D eigenvalue weighted by molar-refractivity contribution is -0.137. The Kier molecular flexibility index (Phi) is 9.50. The topological polar surface area (TPSA) is 21.6 Å². The van der Waals surface area contributed by atoms with Gasteiger partial charge >= 0.3 is 6.18 Å². The third-order valence-corrected chi connectivity index (χ3v) is 5.36. The van der Waals surface area contributed by atoms with E-state index in [4.69, 9.17) is 4.74 Å². The molecular formula is C26H32F3NO. The summed E-state index contributed by atoms with van der Waals surface area (Å²) >= 11 is 0. The second kappa shape index (κ2) is 11.8. The quantitative estimate of drug-likeness (QED) is 0.442. The number of rotatable bonds is 5. The second-order valence-corrected chi connectivity index (χ2v) is 7.55. The first-order chi connectivity index (χ1) is 14.8. The van der Waals surface area contributed by atoms with Crippen molar-refractivity contribution in [1.29, 1.82) is 0 Å². The number of halogens is 3. The van der Waals surface area contributed by atoms with Crippen LogP contribution < -0.4 is 0 Å². The largest absolute Gasteiger partial charge is 0.416 e. The predicted molar refractivity (Wildman–Crippen MR) is 123 cm³/mol. The zero-order chi connectivity index (χ0) is 22.9. The first kappa shape index (κ1) is 24.9. The summed E-state index contributed by atoms with van der Waals surface area (Å²) in [6, 6.07) is 11.8. The smallest absolute Gasteiger partial charge is 0.373 e. The Hall–Kier alpha value is -2.40. The number of aliphatic imine (C=N–C) groups is 1. The lowest BCUT2D eigenvalue weighted by Crippen LogP contribution is -2.05. The molecule has 0 aliphatic carbocycles. The van der Waals surface area contributed by atoms with Crippen LogP contribution in [0.25, 0.3) is 5.57 Å². The summed E-state index contributed by atoms with van der Waals surface area (Å²) in [5.41, 5.74) is 5.20. The lowest BCUT2D eigenvalue weighted by atomic mass is 10.0. The lowest BCUT2D eigenvalue weighted by Gasteiger charge is -2.09. The number of allylic oxidation sites excluding steroid dienone is 2. The molecule has 168 valence electrons. The Bertz CT molecular complexity index is 877. The zero-order valence-corrected chi connectivity index (χ0v) is 18.8. The van der Waals surface area contributed by atoms with Gasteiger partial charge in [-0.2, -0.15) is 13.2 Å². The van der Waals surface area contributed by atoms with E-state index in [2.05, 4.69) is 50.0 Å². The average molecular weight is 432 g/mol. The van der Waals surface area contributed by atoms with Gasteiger partial charge in [-0.25, -0.2) is 0 Å². The van der Waals surface area contributed by atoms with Crippen molar-refractivity contribution < 1.29 is 17.9 Å². The van der Waals surface area contributed by atoms with Crippen molar-refractivity contribution in [3.8, 4) is 0 Å². The molecule has 0 bridgehead atoms. The summed E-state index contributed by atoms with van der Waals surface area (Å²) in [4.78, 5) is 4.68. The third kappa shape index (κ3) is 7.66. The first-order valence-electron chi connectivity index (χ1n) is 10.9. The standard InChI is InChI=1S/C17H23NO.C9H9F3/c1-4-13(3)16-9-8-14(5-2)11-17(16)18-12-15-7-6-10-19-15;1-2-7-3-5-8(6-4-7)9(10,11)12/h4,8-9,11-12,15H,5-7,10H2,1-3H3;3-6H,2H2,1H3/b13-4-,18-12?;. The van der Waals surface area contributed by atoms with Gasteiger partial charge in [-0.15, -0.1) is 0 Å². The number of aryl methyl sites for hydroxylation is 2. The molecule has 1 aliphatic heterocycles. The Morgan fingerprint density at radius 2 is 1.71 bits per heavy atom. The molecule has 0 saturated carbocycles. The van der Waals surface area contributed by atoms with Crippen molar-refractivity contribution in [2.75, 3.05) is 6.61 Å². The number of alkyl halides is 3. The van der Waals surface area contributed by atoms with Crippen molar-refractivity contribution in [2.45, 2.75) is 65.7 Å². The van der Waals surface area contributed by atoms with Crippen molar-refractivity contribution in [1.82, 2.24) is 0 Å². The van der Waals surface area contributed by atoms with E-state index in [1.54, 1.807) is 0 Å². The molecule has 2 aromatic carbocycles. The van der Waals surface area contributed by atoms with Gasteiger partial charge in [0.25, 0.3) is 0 Å². The van der Waals surface area contributed by atoms with Crippen molar-refractivity contribution >= 4 is 17.5 Å². The Balaban J connectivity index is 0.000000245. The van der Waals surface area contributed by atoms with E-state index in [1.165, 1.54) is 28.8 Å². The van der Waals surface area contributed by atoms with Gasteiger partial charge < -0.3 is 4.74 Å². The molecule has 1 unspecified atom stereocenters. The van der Waals surface area contributed by atoms with E-state index < -0.39 is 11.7 Å². The van der Waals surface area contributed by atoms with Crippen LogP contribution in [-0.4, -0.2) is 18.9 Å². The number of ether oxygens (including phenoxy) is 1. The van der Waals surface area contributed by atoms with Crippen LogP contribution in [0.5, 0.6) is 0 Å². The summed E-state index contributed by atoms with van der Waals surface area (Å²) in [6.07, 6.45) is 4.12. The number of nitrogens with zero attached hydrogens (tertiary/aromatic N) is 1. The van der Waals surface area contributed by atoms with Gasteiger partial charge in [0.05, 0.1) is 17.4 Å². The highest BCUT2D eigenvalue weighted by Gasteiger charge is 2.29. The molecule has 1 aliphatic rings. The number of hydrogen-bond acceptors (Lipinski definition) is 2. The molecule has 3 rings (SSSR count). The first-order valence-corrected chi connectivity index (χ1v) is 10.9. The van der Waals surface area contributed by atoms with Crippen LogP contribution in [0.3, 0.4) is 0 Å². The van der Waals surface area contributed by atoms with E-state index in [9.17, 15) is 13.2 Å². The maximum absolute atomic E-state index is 12.0. The van der Waals surface area contributed by atoms with E-state index in [-0.39, 0.29) is 6.10 Å². The van der Waals surface area contributed by atoms with Gasteiger partial charge in [0.15, 0.2) is 0 Å². The van der Waals surface area contributed by atoms with Gasteiger partial charge in [0.2, 0.25) is 0 Å². The minimum absolute atomic E-state index is 0.198. The molecule has 31 heavy (non-hydrogen) atoms. The van der Waals surface area contributed by atoms with E-state index in [0.29, 0.717) is 0 Å². The molecule has 1 saturated heterocycles. The normalized spacial score (nSPS) is 17.0. The highest BCUT2D eigenvalue weighted by Crippen LogP contribution is 2.29. The molecule has 5 heteroatoms. The molecule has 0 N–H and O–H groups in total. The van der Waals surface area contributed by atoms with Crippen molar-refractivity contribution in [3.05, 3.63) is 70.8 Å². The summed E-state index contributed by atoms with van der Waals surface area (Å²) in [5.74, 6) is 0. The molecule has 1 atom stereocenters. The molecule has 1 fully saturated rings. The minimum atomic E-state index is -4.22. The van der Waals surface area contributed by atoms with Crippen LogP contribution in [0.15, 0.2) is 53.5 Å². The van der Waals surface area contributed by atoms with E-state index in [0.717, 1.165) is 55.7 Å². The minimum Gasteiger partial charge on any atom is -0.373 e. The summed E-state index contributed by atoms with van der Waals surface area (Å²) < 4.78 is 41.7. The molecule has 0 amide bonds. The van der Waals surface area contributed by atoms with Gasteiger partial charge in [-0.1, -0.05) is 44.2 Å². The Morgan fingerprint density at radius 1 is 1.06 bits per heavy atom. The van der Waals surface area contributed by atoms with Crippen LogP contribution in [-0.2, 0) is 23.8 Å². The maximum Gasteiger partial charge on any atom is 0.416 e. The fourth-order valence-corrected chi connectivity index (χ4v) is 3.21. The highest BCUT2D eigenvalue weighted by atomic mass is 19.4. The monoisotopic (exact) mass is 431 g/mol. The SMILES string of the molecule is C/C=C(/C)c1ccc(CC)cc1N=CC1CCCO1.CCc1ccc(C(F)(F)F)cc1. The zero-order valence-electron chi connectivity index (χ0n) is 18.8. The Morgan fingerprint density at radius 3 is 2.23 bits per heavy atom. The van der Waals surface area contributed by atoms with Gasteiger partial charge in [0, 0.05) is 18.4 Å². The van der Waals surface area contributed by atoms with Crippen LogP contribution in [0.2, 0.25) is 0 Å². The number of hydrogen-bond donors (Lipinski definition) is 0. The number of benzene rings is 2. The summed E-state index contributed by atoms with van der Waals surface area (Å²) in [5, 5.41) is 0. The highest BCUT2D eigenvalue weighted by molar-refractivity contribution is 5.78. The average Bonchev–Trinajstić information content (AvgIpc) is 3.30. The predicted octanol–water partition coefficient (Wildman–Crippen LogP) is 7.82. The van der Waals surface area contributed by atoms with Crippen LogP contribution in [0, 0.1) is 0 Å². The molecule has 1 heterocycles. The van der Waals surface area contributed by atoms with Gasteiger partial charge in [-0.05, 0) is 74.4 Å². The van der Waals surface area contributed by atoms with Crippen LogP contribution in [0.4, 0.5) is 18.9 Å². The second-order valence-electron chi connectivity index (χ2n) is 7.55. The maximum atomic E-state index is 12.0. The molecule has 0 spiro atoms. The Labute approximate surface area is 183 Å². The summed E-state index contributed by atoms with van der Waals surface area (Å²) in [7, 11) is 0.